The number of carbonyl (C=O) groups excluding carboxylic acids is 1. The molecule has 0 radical (unpaired) electrons. The number of aromatic hydroxyl groups is 1. The molecule has 11 nitrogen and oxygen atoms in total. The van der Waals surface area contributed by atoms with E-state index in [9.17, 15) is 9.90 Å². The number of H-pyrrole nitrogens is 1. The van der Waals surface area contributed by atoms with E-state index in [-0.39, 0.29) is 17.9 Å². The highest BCUT2D eigenvalue weighted by Crippen LogP contribution is 2.51. The van der Waals surface area contributed by atoms with Crippen molar-refractivity contribution in [1.29, 1.82) is 0 Å². The maximum Gasteiger partial charge on any atom is 0.410 e. The molecule has 1 aliphatic carbocycles. The Morgan fingerprint density at radius 2 is 1.83 bits per heavy atom. The maximum atomic E-state index is 12.4. The number of hydrogen-bond acceptors (Lipinski definition) is 9. The third-order valence-electron chi connectivity index (χ3n) is 10.7. The molecule has 2 aromatic heterocycles. The van der Waals surface area contributed by atoms with Crippen molar-refractivity contribution in [2.24, 2.45) is 11.1 Å². The Morgan fingerprint density at radius 1 is 1.11 bits per heavy atom. The van der Waals surface area contributed by atoms with Crippen molar-refractivity contribution in [3.63, 3.8) is 0 Å². The van der Waals surface area contributed by atoms with Gasteiger partial charge in [-0.3, -0.25) is 4.98 Å². The molecule has 1 saturated carbocycles. The number of nitrogens with zero attached hydrogens (tertiary/aromatic N) is 5. The van der Waals surface area contributed by atoms with Crippen molar-refractivity contribution >= 4 is 29.5 Å². The zero-order valence-electron chi connectivity index (χ0n) is 28.0. The molecule has 0 bridgehead atoms. The molecule has 1 unspecified atom stereocenters. The molecular weight excluding hydrogens is 592 g/mol. The van der Waals surface area contributed by atoms with Crippen LogP contribution in [0.2, 0.25) is 0 Å². The normalized spacial score (nSPS) is 22.1. The third-order valence-corrected chi connectivity index (χ3v) is 10.7. The van der Waals surface area contributed by atoms with Crippen LogP contribution >= 0.6 is 0 Å². The van der Waals surface area contributed by atoms with Crippen LogP contribution in [-0.4, -0.2) is 80.3 Å². The summed E-state index contributed by atoms with van der Waals surface area (Å²) in [6.07, 6.45) is 10.9. The molecule has 7 rings (SSSR count). The van der Waals surface area contributed by atoms with Crippen molar-refractivity contribution in [3.05, 3.63) is 64.7 Å². The van der Waals surface area contributed by atoms with Crippen LogP contribution in [0.1, 0.15) is 93.4 Å². The lowest BCUT2D eigenvalue weighted by atomic mass is 9.60. The van der Waals surface area contributed by atoms with Gasteiger partial charge in [-0.05, 0) is 84.7 Å². The summed E-state index contributed by atoms with van der Waals surface area (Å²) in [5.74, 6) is 1.98. The number of nitrogen functional groups attached to an aromatic ring is 1. The number of likely N-dealkylation sites (tertiary alicyclic amines) is 2. The fraction of sp³-hybridized carbons (Fsp3) is 0.528. The van der Waals surface area contributed by atoms with Gasteiger partial charge in [0.05, 0.1) is 24.1 Å². The van der Waals surface area contributed by atoms with Crippen LogP contribution in [0.25, 0.3) is 11.8 Å². The van der Waals surface area contributed by atoms with Crippen LogP contribution in [0, 0.1) is 5.41 Å². The van der Waals surface area contributed by atoms with E-state index >= 15 is 0 Å². The van der Waals surface area contributed by atoms with Crippen LogP contribution in [0.15, 0.2) is 36.7 Å². The second-order valence-electron chi connectivity index (χ2n) is 15.1. The molecule has 250 valence electrons. The number of carbonyl (C=O) groups is 1. The molecular formula is C36H48N8O3. The van der Waals surface area contributed by atoms with Gasteiger partial charge in [-0.25, -0.2) is 9.78 Å². The highest BCUT2D eigenvalue weighted by atomic mass is 16.6. The Hall–Kier alpha value is -4.25. The number of amides is 1. The molecule has 5 heterocycles. The van der Waals surface area contributed by atoms with Gasteiger partial charge in [0.15, 0.2) is 0 Å². The number of nitrogens with one attached hydrogen (secondary N) is 1. The fourth-order valence-corrected chi connectivity index (χ4v) is 8.21. The minimum atomic E-state index is -0.447. The highest BCUT2D eigenvalue weighted by molar-refractivity contribution is 5.86. The number of aromatic amines is 1. The van der Waals surface area contributed by atoms with Gasteiger partial charge in [-0.1, -0.05) is 12.1 Å². The molecule has 1 spiro atoms. The number of rotatable bonds is 5. The lowest BCUT2D eigenvalue weighted by Crippen LogP contribution is -2.68. The summed E-state index contributed by atoms with van der Waals surface area (Å²) >= 11 is 0. The van der Waals surface area contributed by atoms with Gasteiger partial charge in [0, 0.05) is 71.5 Å². The summed E-state index contributed by atoms with van der Waals surface area (Å²) in [4.78, 5) is 32.3. The van der Waals surface area contributed by atoms with E-state index in [4.69, 9.17) is 26.2 Å². The number of aromatic nitrogens is 3. The summed E-state index contributed by atoms with van der Waals surface area (Å²) in [5, 5.41) is 10.3. The van der Waals surface area contributed by atoms with Gasteiger partial charge in [0.1, 0.15) is 23.0 Å². The van der Waals surface area contributed by atoms with Gasteiger partial charge in [-0.2, -0.15) is 0 Å². The van der Waals surface area contributed by atoms with Crippen molar-refractivity contribution in [3.8, 4) is 5.75 Å². The first-order valence-electron chi connectivity index (χ1n) is 17.0. The monoisotopic (exact) mass is 640 g/mol. The average molecular weight is 641 g/mol. The maximum absolute atomic E-state index is 12.4. The zero-order chi connectivity index (χ0) is 33.1. The number of anilines is 2. The Morgan fingerprint density at radius 3 is 2.49 bits per heavy atom. The van der Waals surface area contributed by atoms with Crippen LogP contribution in [0.3, 0.4) is 0 Å². The highest BCUT2D eigenvalue weighted by Gasteiger charge is 2.55. The van der Waals surface area contributed by atoms with E-state index < -0.39 is 5.60 Å². The van der Waals surface area contributed by atoms with E-state index in [0.717, 1.165) is 80.3 Å². The number of para-hydroxylation sites is 1. The quantitative estimate of drug-likeness (QED) is 0.293. The minimum absolute atomic E-state index is 0.0109. The first-order chi connectivity index (χ1) is 22.4. The molecule has 1 aromatic carbocycles. The van der Waals surface area contributed by atoms with Crippen molar-refractivity contribution < 1.29 is 14.6 Å². The second-order valence-corrected chi connectivity index (χ2v) is 15.1. The number of phenolic OH excluding ortho intramolecular Hbond substituents is 1. The largest absolute Gasteiger partial charge is 0.507 e. The van der Waals surface area contributed by atoms with Crippen molar-refractivity contribution in [1.82, 2.24) is 24.8 Å². The fourth-order valence-electron chi connectivity index (χ4n) is 8.21. The molecule has 1 atom stereocenters. The minimum Gasteiger partial charge on any atom is -0.507 e. The van der Waals surface area contributed by atoms with Crippen LogP contribution in [-0.2, 0) is 11.2 Å². The Bertz CT molecular complexity index is 1650. The number of ether oxygens (including phenoxy) is 1. The number of benzene rings is 1. The van der Waals surface area contributed by atoms with Crippen molar-refractivity contribution in [2.75, 3.05) is 43.4 Å². The average Bonchev–Trinajstić information content (AvgIpc) is 3.31. The number of phenols is 1. The van der Waals surface area contributed by atoms with Crippen LogP contribution in [0.5, 0.6) is 5.75 Å². The number of nitrogens with two attached hydrogens (primary N) is 2. The standard InChI is InChI=1S/C36H48N8O3/c1-22-32-26(15-27(37)25-7-5-6-8-30(25)45)33(38)41-28(32)11-14-44(22)31-19-39-29(18-40-31)23-9-12-42(13-10-23)24-16-36(17-24)20-43(21-36)34(46)47-35(2,3)4/h5-8,15,18-19,22-24,41,45H,9-14,16-17,20-21,37-38H2,1-4H3/b27-15-. The topological polar surface area (TPSA) is 150 Å². The Labute approximate surface area is 277 Å². The first kappa shape index (κ1) is 31.4. The predicted octanol–water partition coefficient (Wildman–Crippen LogP) is 5.25. The SMILES string of the molecule is CC1c2c([nH]c(N)c2/C=C(\N)c2ccccc2O)CCN1c1cnc(C2CCN(C3CC4(C3)CN(C(=O)OC(C)(C)C)C4)CC2)cn1. The van der Waals surface area contributed by atoms with Gasteiger partial charge in [0.2, 0.25) is 0 Å². The van der Waals surface area contributed by atoms with E-state index in [2.05, 4.69) is 21.7 Å². The number of hydrogen-bond donors (Lipinski definition) is 4. The molecule has 3 aliphatic heterocycles. The molecule has 3 fully saturated rings. The van der Waals surface area contributed by atoms with Gasteiger partial charge >= 0.3 is 6.09 Å². The summed E-state index contributed by atoms with van der Waals surface area (Å²) in [7, 11) is 0. The molecule has 4 aliphatic rings. The summed E-state index contributed by atoms with van der Waals surface area (Å²) in [6.45, 7) is 12.5. The van der Waals surface area contributed by atoms with E-state index in [1.807, 2.05) is 50.2 Å². The second kappa shape index (κ2) is 11.8. The lowest BCUT2D eigenvalue weighted by Gasteiger charge is -2.61. The van der Waals surface area contributed by atoms with Crippen LogP contribution < -0.4 is 16.4 Å². The first-order valence-corrected chi connectivity index (χ1v) is 17.0. The smallest absolute Gasteiger partial charge is 0.410 e. The van der Waals surface area contributed by atoms with E-state index in [1.54, 1.807) is 18.2 Å². The third kappa shape index (κ3) is 6.01. The van der Waals surface area contributed by atoms with E-state index in [1.165, 1.54) is 12.8 Å². The zero-order valence-corrected chi connectivity index (χ0v) is 28.0. The number of fused-ring (bicyclic) bond motifs is 1. The molecule has 1 amide bonds. The molecule has 6 N–H and O–H groups in total. The molecule has 2 saturated heterocycles. The van der Waals surface area contributed by atoms with Crippen LogP contribution in [0.4, 0.5) is 16.4 Å². The van der Waals surface area contributed by atoms with Gasteiger partial charge < -0.3 is 41.0 Å². The Balaban J connectivity index is 0.943. The van der Waals surface area contributed by atoms with E-state index in [0.29, 0.717) is 34.5 Å². The Kier molecular flexibility index (Phi) is 7.85. The molecule has 11 heteroatoms. The van der Waals surface area contributed by atoms with Gasteiger partial charge in [0.25, 0.3) is 0 Å². The number of piperidine rings is 1. The summed E-state index contributed by atoms with van der Waals surface area (Å²) in [6, 6.07) is 7.68. The molecule has 47 heavy (non-hydrogen) atoms. The van der Waals surface area contributed by atoms with Crippen molar-refractivity contribution in [2.45, 2.75) is 83.4 Å². The summed E-state index contributed by atoms with van der Waals surface area (Å²) in [5.41, 5.74) is 17.9. The lowest BCUT2D eigenvalue weighted by molar-refractivity contribution is -0.110. The summed E-state index contributed by atoms with van der Waals surface area (Å²) < 4.78 is 5.54. The molecule has 3 aromatic rings. The van der Waals surface area contributed by atoms with Gasteiger partial charge in [-0.15, -0.1) is 0 Å². The predicted molar refractivity (Wildman–Crippen MR) is 184 cm³/mol.